The summed E-state index contributed by atoms with van der Waals surface area (Å²) in [5.74, 6) is 1.18. The molecule has 7 nitrogen and oxygen atoms in total. The van der Waals surface area contributed by atoms with E-state index >= 15 is 0 Å². The Hall–Kier alpha value is -2.32. The number of amides is 1. The van der Waals surface area contributed by atoms with Crippen LogP contribution in [0.3, 0.4) is 0 Å². The molecule has 26 heavy (non-hydrogen) atoms. The van der Waals surface area contributed by atoms with Crippen LogP contribution >= 0.6 is 23.4 Å². The molecule has 1 amide bonds. The van der Waals surface area contributed by atoms with Crippen molar-refractivity contribution in [2.24, 2.45) is 0 Å². The Morgan fingerprint density at radius 3 is 2.65 bits per heavy atom. The summed E-state index contributed by atoms with van der Waals surface area (Å²) in [6, 6.07) is 9.25. The fraction of sp³-hybridized carbons (Fsp3) is 0.294. The standard InChI is InChI=1S/C17H19ClN6OS/c1-10(2)24-14(8-9-19-24)20-16(25)11(3)26-17-21-15(22-23-17)12-4-6-13(18)7-5-12/h4-11H,1-3H3,(H,20,25)(H,21,22,23). The molecule has 0 spiro atoms. The van der Waals surface area contributed by atoms with Gasteiger partial charge in [-0.1, -0.05) is 23.4 Å². The third-order valence-electron chi connectivity index (χ3n) is 3.64. The number of H-pyrrole nitrogens is 1. The van der Waals surface area contributed by atoms with E-state index in [1.807, 2.05) is 32.9 Å². The number of anilines is 1. The fourth-order valence-corrected chi connectivity index (χ4v) is 3.15. The van der Waals surface area contributed by atoms with Crippen LogP contribution in [0.4, 0.5) is 5.82 Å². The lowest BCUT2D eigenvalue weighted by molar-refractivity contribution is -0.115. The molecule has 0 aliphatic heterocycles. The predicted octanol–water partition coefficient (Wildman–Crippen LogP) is 4.02. The van der Waals surface area contributed by atoms with E-state index in [9.17, 15) is 4.79 Å². The van der Waals surface area contributed by atoms with Gasteiger partial charge in [-0.3, -0.25) is 9.89 Å². The van der Waals surface area contributed by atoms with Crippen LogP contribution in [0.5, 0.6) is 0 Å². The van der Waals surface area contributed by atoms with Crippen molar-refractivity contribution in [1.82, 2.24) is 25.0 Å². The zero-order chi connectivity index (χ0) is 18.7. The van der Waals surface area contributed by atoms with Crippen molar-refractivity contribution < 1.29 is 4.79 Å². The number of aromatic nitrogens is 5. The molecule has 1 aromatic carbocycles. The summed E-state index contributed by atoms with van der Waals surface area (Å²) in [5.41, 5.74) is 0.881. The topological polar surface area (TPSA) is 88.5 Å². The summed E-state index contributed by atoms with van der Waals surface area (Å²) in [4.78, 5) is 16.9. The molecule has 0 bridgehead atoms. The van der Waals surface area contributed by atoms with Gasteiger partial charge in [0.05, 0.1) is 11.4 Å². The van der Waals surface area contributed by atoms with E-state index in [1.54, 1.807) is 29.1 Å². The number of hydrogen-bond donors (Lipinski definition) is 2. The molecule has 0 saturated heterocycles. The quantitative estimate of drug-likeness (QED) is 0.620. The average molecular weight is 391 g/mol. The molecule has 0 aliphatic carbocycles. The molecule has 0 radical (unpaired) electrons. The van der Waals surface area contributed by atoms with Crippen molar-refractivity contribution in [3.05, 3.63) is 41.6 Å². The molecular weight excluding hydrogens is 372 g/mol. The molecule has 1 atom stereocenters. The van der Waals surface area contributed by atoms with E-state index in [-0.39, 0.29) is 17.2 Å². The predicted molar refractivity (Wildman–Crippen MR) is 103 cm³/mol. The van der Waals surface area contributed by atoms with E-state index in [2.05, 4.69) is 25.6 Å². The lowest BCUT2D eigenvalue weighted by Crippen LogP contribution is -2.24. The Morgan fingerprint density at radius 2 is 1.96 bits per heavy atom. The number of carbonyl (C=O) groups is 1. The molecule has 0 fully saturated rings. The number of halogens is 1. The first-order valence-corrected chi connectivity index (χ1v) is 9.39. The summed E-state index contributed by atoms with van der Waals surface area (Å²) in [5, 5.41) is 15.0. The van der Waals surface area contributed by atoms with Gasteiger partial charge >= 0.3 is 0 Å². The van der Waals surface area contributed by atoms with Crippen LogP contribution in [0.1, 0.15) is 26.8 Å². The molecule has 0 saturated carbocycles. The summed E-state index contributed by atoms with van der Waals surface area (Å²) < 4.78 is 1.76. The molecule has 3 rings (SSSR count). The van der Waals surface area contributed by atoms with Crippen LogP contribution in [0.2, 0.25) is 5.02 Å². The SMILES string of the molecule is CC(Sc1n[nH]c(-c2ccc(Cl)cc2)n1)C(=O)Nc1ccnn1C(C)C. The van der Waals surface area contributed by atoms with Gasteiger partial charge in [0.25, 0.3) is 0 Å². The first-order chi connectivity index (χ1) is 12.4. The normalized spacial score (nSPS) is 12.3. The highest BCUT2D eigenvalue weighted by molar-refractivity contribution is 8.00. The van der Waals surface area contributed by atoms with Crippen molar-refractivity contribution in [1.29, 1.82) is 0 Å². The average Bonchev–Trinajstić information content (AvgIpc) is 3.25. The third-order valence-corrected chi connectivity index (χ3v) is 4.86. The summed E-state index contributed by atoms with van der Waals surface area (Å²) in [6.07, 6.45) is 1.67. The lowest BCUT2D eigenvalue weighted by Gasteiger charge is -2.14. The summed E-state index contributed by atoms with van der Waals surface area (Å²) >= 11 is 7.18. The molecule has 9 heteroatoms. The van der Waals surface area contributed by atoms with Crippen LogP contribution in [0.25, 0.3) is 11.4 Å². The number of nitrogens with one attached hydrogen (secondary N) is 2. The second-order valence-electron chi connectivity index (χ2n) is 5.98. The lowest BCUT2D eigenvalue weighted by atomic mass is 10.2. The number of hydrogen-bond acceptors (Lipinski definition) is 5. The zero-order valence-electron chi connectivity index (χ0n) is 14.6. The van der Waals surface area contributed by atoms with Crippen molar-refractivity contribution >= 4 is 35.1 Å². The van der Waals surface area contributed by atoms with Crippen LogP contribution in [-0.2, 0) is 4.79 Å². The molecule has 2 aromatic heterocycles. The van der Waals surface area contributed by atoms with Gasteiger partial charge in [0.15, 0.2) is 5.82 Å². The minimum Gasteiger partial charge on any atom is -0.310 e. The largest absolute Gasteiger partial charge is 0.310 e. The number of nitrogens with zero attached hydrogens (tertiary/aromatic N) is 4. The van der Waals surface area contributed by atoms with Crippen LogP contribution in [-0.4, -0.2) is 36.1 Å². The maximum Gasteiger partial charge on any atom is 0.238 e. The highest BCUT2D eigenvalue weighted by Gasteiger charge is 2.19. The number of rotatable bonds is 6. The van der Waals surface area contributed by atoms with Gasteiger partial charge in [0.1, 0.15) is 5.82 Å². The fourth-order valence-electron chi connectivity index (χ4n) is 2.30. The van der Waals surface area contributed by atoms with Crippen molar-refractivity contribution in [2.75, 3.05) is 5.32 Å². The van der Waals surface area contributed by atoms with Crippen LogP contribution in [0, 0.1) is 0 Å². The van der Waals surface area contributed by atoms with Gasteiger partial charge in [-0.15, -0.1) is 5.10 Å². The molecule has 2 heterocycles. The number of aromatic amines is 1. The molecule has 136 valence electrons. The number of thioether (sulfide) groups is 1. The van der Waals surface area contributed by atoms with E-state index < -0.39 is 0 Å². The zero-order valence-corrected chi connectivity index (χ0v) is 16.2. The Labute approximate surface area is 160 Å². The second-order valence-corrected chi connectivity index (χ2v) is 7.72. The maximum atomic E-state index is 12.5. The Kier molecular flexibility index (Phi) is 5.63. The maximum absolute atomic E-state index is 12.5. The molecule has 1 unspecified atom stereocenters. The van der Waals surface area contributed by atoms with Crippen molar-refractivity contribution in [3.8, 4) is 11.4 Å². The van der Waals surface area contributed by atoms with Crippen molar-refractivity contribution in [2.45, 2.75) is 37.2 Å². The van der Waals surface area contributed by atoms with Gasteiger partial charge in [0.2, 0.25) is 11.1 Å². The second kappa shape index (κ2) is 7.92. The first kappa shape index (κ1) is 18.5. The van der Waals surface area contributed by atoms with Gasteiger partial charge in [0, 0.05) is 22.7 Å². The van der Waals surface area contributed by atoms with E-state index in [1.165, 1.54) is 11.8 Å². The van der Waals surface area contributed by atoms with Gasteiger partial charge in [-0.05, 0) is 45.0 Å². The van der Waals surface area contributed by atoms with E-state index in [4.69, 9.17) is 11.6 Å². The Balaban J connectivity index is 1.64. The highest BCUT2D eigenvalue weighted by Crippen LogP contribution is 2.24. The number of carbonyl (C=O) groups excluding carboxylic acids is 1. The molecule has 0 aliphatic rings. The van der Waals surface area contributed by atoms with Gasteiger partial charge in [-0.2, -0.15) is 5.10 Å². The van der Waals surface area contributed by atoms with Gasteiger partial charge < -0.3 is 5.32 Å². The minimum atomic E-state index is -0.362. The monoisotopic (exact) mass is 390 g/mol. The van der Waals surface area contributed by atoms with E-state index in [0.29, 0.717) is 21.8 Å². The van der Waals surface area contributed by atoms with E-state index in [0.717, 1.165) is 5.56 Å². The minimum absolute atomic E-state index is 0.129. The molecular formula is C17H19ClN6OS. The Morgan fingerprint density at radius 1 is 1.23 bits per heavy atom. The molecule has 2 N–H and O–H groups in total. The third kappa shape index (κ3) is 4.25. The Bertz CT molecular complexity index is 889. The summed E-state index contributed by atoms with van der Waals surface area (Å²) in [7, 11) is 0. The van der Waals surface area contributed by atoms with Crippen LogP contribution < -0.4 is 5.32 Å². The highest BCUT2D eigenvalue weighted by atomic mass is 35.5. The smallest absolute Gasteiger partial charge is 0.238 e. The first-order valence-electron chi connectivity index (χ1n) is 8.13. The van der Waals surface area contributed by atoms with Gasteiger partial charge in [-0.25, -0.2) is 9.67 Å². The summed E-state index contributed by atoms with van der Waals surface area (Å²) in [6.45, 7) is 5.83. The number of benzene rings is 1. The van der Waals surface area contributed by atoms with Crippen molar-refractivity contribution in [3.63, 3.8) is 0 Å². The van der Waals surface area contributed by atoms with Crippen LogP contribution in [0.15, 0.2) is 41.7 Å². The molecule has 3 aromatic rings.